The third-order valence-corrected chi connectivity index (χ3v) is 4.02. The zero-order valence-electron chi connectivity index (χ0n) is 13.4. The Labute approximate surface area is 145 Å². The van der Waals surface area contributed by atoms with Gasteiger partial charge >= 0.3 is 0 Å². The number of aliphatic imine (C=N–C) groups is 1. The van der Waals surface area contributed by atoms with Crippen molar-refractivity contribution in [1.29, 1.82) is 0 Å². The molecule has 2 aromatic heterocycles. The van der Waals surface area contributed by atoms with E-state index in [9.17, 15) is 0 Å². The number of rotatable bonds is 5. The summed E-state index contributed by atoms with van der Waals surface area (Å²) < 4.78 is 1.99. The van der Waals surface area contributed by atoms with E-state index < -0.39 is 0 Å². The van der Waals surface area contributed by atoms with Crippen LogP contribution < -0.4 is 10.6 Å². The van der Waals surface area contributed by atoms with Crippen molar-refractivity contribution >= 4 is 23.2 Å². The topological polar surface area (TPSA) is 66.6 Å². The summed E-state index contributed by atoms with van der Waals surface area (Å²) in [6, 6.07) is 13.6. The van der Waals surface area contributed by atoms with Gasteiger partial charge in [-0.25, -0.2) is 0 Å². The molecule has 124 valence electrons. The predicted octanol–water partition coefficient (Wildman–Crippen LogP) is 2.29. The Hall–Kier alpha value is -2.60. The fourth-order valence-electron chi connectivity index (χ4n) is 2.40. The minimum atomic E-state index is 0.618. The highest BCUT2D eigenvalue weighted by Gasteiger charge is 2.05. The first-order valence-electron chi connectivity index (χ1n) is 7.74. The SMILES string of the molecule is CN=C(NCCc1nnc2ccccn12)NCc1ccccc1Cl. The van der Waals surface area contributed by atoms with Crippen molar-refractivity contribution in [2.75, 3.05) is 13.6 Å². The minimum Gasteiger partial charge on any atom is -0.356 e. The van der Waals surface area contributed by atoms with Gasteiger partial charge in [-0.15, -0.1) is 10.2 Å². The van der Waals surface area contributed by atoms with Crippen molar-refractivity contribution in [2.24, 2.45) is 4.99 Å². The number of benzene rings is 1. The number of aromatic nitrogens is 3. The van der Waals surface area contributed by atoms with Crippen LogP contribution in [0.2, 0.25) is 5.02 Å². The summed E-state index contributed by atoms with van der Waals surface area (Å²) >= 11 is 6.16. The third kappa shape index (κ3) is 3.83. The van der Waals surface area contributed by atoms with Gasteiger partial charge < -0.3 is 10.6 Å². The van der Waals surface area contributed by atoms with E-state index in [4.69, 9.17) is 11.6 Å². The number of fused-ring (bicyclic) bond motifs is 1. The molecule has 24 heavy (non-hydrogen) atoms. The van der Waals surface area contributed by atoms with E-state index in [0.29, 0.717) is 13.1 Å². The van der Waals surface area contributed by atoms with Crippen molar-refractivity contribution < 1.29 is 0 Å². The lowest BCUT2D eigenvalue weighted by atomic mass is 10.2. The van der Waals surface area contributed by atoms with Crippen LogP contribution in [0.5, 0.6) is 0 Å². The van der Waals surface area contributed by atoms with Gasteiger partial charge in [0.2, 0.25) is 0 Å². The molecular weight excluding hydrogens is 324 g/mol. The first-order valence-corrected chi connectivity index (χ1v) is 8.12. The standard InChI is InChI=1S/C17H19ClN6/c1-19-17(21-12-13-6-2-3-7-14(13)18)20-10-9-16-23-22-15-8-4-5-11-24(15)16/h2-8,11H,9-10,12H2,1H3,(H2,19,20,21). The van der Waals surface area contributed by atoms with E-state index in [1.54, 1.807) is 7.05 Å². The Kier molecular flexibility index (Phi) is 5.28. The molecule has 3 aromatic rings. The molecule has 2 heterocycles. The second-order valence-electron chi connectivity index (χ2n) is 5.24. The fraction of sp³-hybridized carbons (Fsp3) is 0.235. The molecule has 0 amide bonds. The number of halogens is 1. The molecule has 0 atom stereocenters. The second-order valence-corrected chi connectivity index (χ2v) is 5.65. The molecule has 0 bridgehead atoms. The molecule has 1 aromatic carbocycles. The molecule has 0 unspecified atom stereocenters. The maximum atomic E-state index is 6.16. The Balaban J connectivity index is 1.52. The maximum absolute atomic E-state index is 6.16. The van der Waals surface area contributed by atoms with Crippen molar-refractivity contribution in [3.8, 4) is 0 Å². The predicted molar refractivity (Wildman–Crippen MR) is 96.3 cm³/mol. The van der Waals surface area contributed by atoms with Gasteiger partial charge in [-0.2, -0.15) is 0 Å². The molecule has 6 nitrogen and oxygen atoms in total. The van der Waals surface area contributed by atoms with E-state index in [-0.39, 0.29) is 0 Å². The number of pyridine rings is 1. The summed E-state index contributed by atoms with van der Waals surface area (Å²) in [6.45, 7) is 1.32. The van der Waals surface area contributed by atoms with Crippen LogP contribution in [-0.4, -0.2) is 34.2 Å². The Morgan fingerprint density at radius 3 is 2.79 bits per heavy atom. The van der Waals surface area contributed by atoms with E-state index in [2.05, 4.69) is 25.8 Å². The van der Waals surface area contributed by atoms with Gasteiger partial charge in [-0.3, -0.25) is 9.39 Å². The zero-order valence-corrected chi connectivity index (χ0v) is 14.2. The van der Waals surface area contributed by atoms with E-state index >= 15 is 0 Å². The lowest BCUT2D eigenvalue weighted by Gasteiger charge is -2.12. The molecule has 0 fully saturated rings. The molecular formula is C17H19ClN6. The van der Waals surface area contributed by atoms with E-state index in [0.717, 1.165) is 34.4 Å². The minimum absolute atomic E-state index is 0.618. The maximum Gasteiger partial charge on any atom is 0.191 e. The van der Waals surface area contributed by atoms with Gasteiger partial charge in [-0.1, -0.05) is 35.9 Å². The lowest BCUT2D eigenvalue weighted by molar-refractivity contribution is 0.761. The smallest absolute Gasteiger partial charge is 0.191 e. The Morgan fingerprint density at radius 1 is 1.12 bits per heavy atom. The molecule has 0 saturated carbocycles. The van der Waals surface area contributed by atoms with E-state index in [1.807, 2.05) is 53.1 Å². The largest absolute Gasteiger partial charge is 0.356 e. The highest BCUT2D eigenvalue weighted by Crippen LogP contribution is 2.14. The molecule has 0 aliphatic carbocycles. The van der Waals surface area contributed by atoms with Crippen molar-refractivity contribution in [3.05, 3.63) is 65.1 Å². The molecule has 0 aliphatic heterocycles. The Bertz CT molecular complexity index is 842. The van der Waals surface area contributed by atoms with Crippen LogP contribution in [0.1, 0.15) is 11.4 Å². The third-order valence-electron chi connectivity index (χ3n) is 3.65. The monoisotopic (exact) mass is 342 g/mol. The normalized spacial score (nSPS) is 11.7. The van der Waals surface area contributed by atoms with Crippen LogP contribution in [0.3, 0.4) is 0 Å². The van der Waals surface area contributed by atoms with E-state index in [1.165, 1.54) is 0 Å². The van der Waals surface area contributed by atoms with Crippen LogP contribution in [0.15, 0.2) is 53.7 Å². The summed E-state index contributed by atoms with van der Waals surface area (Å²) in [4.78, 5) is 4.22. The highest BCUT2D eigenvalue weighted by atomic mass is 35.5. The number of nitrogens with zero attached hydrogens (tertiary/aromatic N) is 4. The van der Waals surface area contributed by atoms with Gasteiger partial charge in [0.1, 0.15) is 5.82 Å². The van der Waals surface area contributed by atoms with Gasteiger partial charge in [0.25, 0.3) is 0 Å². The second kappa shape index (κ2) is 7.79. The number of nitrogens with one attached hydrogen (secondary N) is 2. The summed E-state index contributed by atoms with van der Waals surface area (Å²) in [5.74, 6) is 1.64. The van der Waals surface area contributed by atoms with Crippen LogP contribution >= 0.6 is 11.6 Å². The van der Waals surface area contributed by atoms with Gasteiger partial charge in [0.15, 0.2) is 11.6 Å². The summed E-state index contributed by atoms with van der Waals surface area (Å²) in [5.41, 5.74) is 1.89. The molecule has 0 saturated heterocycles. The number of hydrogen-bond acceptors (Lipinski definition) is 3. The lowest BCUT2D eigenvalue weighted by Crippen LogP contribution is -2.38. The molecule has 7 heteroatoms. The van der Waals surface area contributed by atoms with Crippen LogP contribution in [0, 0.1) is 0 Å². The quantitative estimate of drug-likeness (QED) is 0.551. The summed E-state index contributed by atoms with van der Waals surface area (Å²) in [7, 11) is 1.74. The summed E-state index contributed by atoms with van der Waals surface area (Å²) in [6.07, 6.45) is 2.72. The average Bonchev–Trinajstić information content (AvgIpc) is 3.02. The molecule has 0 radical (unpaired) electrons. The first-order chi connectivity index (χ1) is 11.8. The van der Waals surface area contributed by atoms with Crippen LogP contribution in [-0.2, 0) is 13.0 Å². The zero-order chi connectivity index (χ0) is 16.8. The van der Waals surface area contributed by atoms with Gasteiger partial charge in [-0.05, 0) is 23.8 Å². The number of guanidine groups is 1. The molecule has 0 aliphatic rings. The van der Waals surface area contributed by atoms with Crippen molar-refractivity contribution in [1.82, 2.24) is 25.2 Å². The van der Waals surface area contributed by atoms with Crippen LogP contribution in [0.25, 0.3) is 5.65 Å². The highest BCUT2D eigenvalue weighted by molar-refractivity contribution is 6.31. The molecule has 0 spiro atoms. The number of hydrogen-bond donors (Lipinski definition) is 2. The molecule has 2 N–H and O–H groups in total. The molecule has 3 rings (SSSR count). The van der Waals surface area contributed by atoms with Crippen molar-refractivity contribution in [2.45, 2.75) is 13.0 Å². The van der Waals surface area contributed by atoms with Gasteiger partial charge in [0.05, 0.1) is 0 Å². The van der Waals surface area contributed by atoms with Crippen LogP contribution in [0.4, 0.5) is 0 Å². The average molecular weight is 343 g/mol. The summed E-state index contributed by atoms with van der Waals surface area (Å²) in [5, 5.41) is 15.6. The first kappa shape index (κ1) is 16.3. The fourth-order valence-corrected chi connectivity index (χ4v) is 2.60. The van der Waals surface area contributed by atoms with Crippen molar-refractivity contribution in [3.63, 3.8) is 0 Å². The van der Waals surface area contributed by atoms with Gasteiger partial charge in [0, 0.05) is 37.8 Å². The Morgan fingerprint density at radius 2 is 1.96 bits per heavy atom.